The van der Waals surface area contributed by atoms with Gasteiger partial charge >= 0.3 is 0 Å². The normalized spacial score (nSPS) is 11.9. The molecule has 0 amide bonds. The van der Waals surface area contributed by atoms with Gasteiger partial charge in [-0.15, -0.1) is 0 Å². The van der Waals surface area contributed by atoms with Crippen molar-refractivity contribution in [3.63, 3.8) is 0 Å². The molecule has 0 aliphatic rings. The Labute approximate surface area is 120 Å². The zero-order valence-electron chi connectivity index (χ0n) is 12.0. The van der Waals surface area contributed by atoms with Gasteiger partial charge in [0.05, 0.1) is 13.7 Å². The fraction of sp³-hybridized carbons (Fsp3) is 0.294. The van der Waals surface area contributed by atoms with Crippen LogP contribution in [0.2, 0.25) is 0 Å². The van der Waals surface area contributed by atoms with Gasteiger partial charge in [0.2, 0.25) is 0 Å². The molecular formula is C17H21NO2. The molecule has 2 N–H and O–H groups in total. The molecule has 0 aliphatic heterocycles. The fourth-order valence-electron chi connectivity index (χ4n) is 2.23. The van der Waals surface area contributed by atoms with Gasteiger partial charge < -0.3 is 15.2 Å². The minimum Gasteiger partial charge on any atom is -0.497 e. The molecular weight excluding hydrogens is 250 g/mol. The monoisotopic (exact) mass is 271 g/mol. The van der Waals surface area contributed by atoms with E-state index in [0.29, 0.717) is 0 Å². The topological polar surface area (TPSA) is 41.5 Å². The van der Waals surface area contributed by atoms with Gasteiger partial charge in [0.1, 0.15) is 5.75 Å². The van der Waals surface area contributed by atoms with Crippen LogP contribution < -0.4 is 10.1 Å². The van der Waals surface area contributed by atoms with Crippen LogP contribution in [0, 0.1) is 0 Å². The lowest BCUT2D eigenvalue weighted by Crippen LogP contribution is -2.19. The summed E-state index contributed by atoms with van der Waals surface area (Å²) < 4.78 is 5.16. The number of aliphatic hydroxyl groups is 1. The number of methoxy groups -OCH3 is 1. The Balaban J connectivity index is 1.99. The summed E-state index contributed by atoms with van der Waals surface area (Å²) >= 11 is 0. The van der Waals surface area contributed by atoms with Gasteiger partial charge in [0.25, 0.3) is 0 Å². The number of ether oxygens (including phenoxy) is 1. The van der Waals surface area contributed by atoms with Crippen molar-refractivity contribution < 1.29 is 9.84 Å². The van der Waals surface area contributed by atoms with E-state index in [2.05, 4.69) is 24.4 Å². The summed E-state index contributed by atoms with van der Waals surface area (Å²) in [5.41, 5.74) is 3.18. The molecule has 2 aromatic carbocycles. The summed E-state index contributed by atoms with van der Waals surface area (Å²) in [5.74, 6) is 0.875. The number of benzene rings is 2. The molecule has 1 unspecified atom stereocenters. The number of nitrogens with one attached hydrogen (secondary N) is 1. The Kier molecular flexibility index (Phi) is 5.02. The van der Waals surface area contributed by atoms with Gasteiger partial charge in [-0.3, -0.25) is 0 Å². The van der Waals surface area contributed by atoms with Crippen molar-refractivity contribution in [3.8, 4) is 5.75 Å². The molecule has 20 heavy (non-hydrogen) atoms. The molecule has 3 heteroatoms. The highest BCUT2D eigenvalue weighted by molar-refractivity contribution is 5.51. The van der Waals surface area contributed by atoms with E-state index in [1.54, 1.807) is 7.11 Å². The summed E-state index contributed by atoms with van der Waals surface area (Å²) in [7, 11) is 1.67. The van der Waals surface area contributed by atoms with Crippen LogP contribution in [-0.2, 0) is 13.0 Å². The predicted octanol–water partition coefficient (Wildman–Crippen LogP) is 3.23. The number of para-hydroxylation sites is 1. The molecule has 106 valence electrons. The second-order valence-corrected chi connectivity index (χ2v) is 4.91. The van der Waals surface area contributed by atoms with E-state index in [-0.39, 0.29) is 12.6 Å². The zero-order chi connectivity index (χ0) is 14.4. The molecule has 2 rings (SSSR count). The fourth-order valence-corrected chi connectivity index (χ4v) is 2.23. The van der Waals surface area contributed by atoms with Crippen LogP contribution in [-0.4, -0.2) is 18.3 Å². The lowest BCUT2D eigenvalue weighted by Gasteiger charge is -2.17. The van der Waals surface area contributed by atoms with Crippen molar-refractivity contribution in [1.82, 2.24) is 0 Å². The zero-order valence-corrected chi connectivity index (χ0v) is 12.0. The predicted molar refractivity (Wildman–Crippen MR) is 82.1 cm³/mol. The van der Waals surface area contributed by atoms with Gasteiger partial charge in [0, 0.05) is 17.3 Å². The standard InChI is InChI=1S/C17H21NO2/c1-13(11-14-7-9-16(20-2)10-8-14)18-17-6-4-3-5-15(17)12-19/h3-10,13,18-19H,11-12H2,1-2H3. The van der Waals surface area contributed by atoms with E-state index < -0.39 is 0 Å². The third-order valence-electron chi connectivity index (χ3n) is 3.29. The minimum absolute atomic E-state index is 0.0540. The third-order valence-corrected chi connectivity index (χ3v) is 3.29. The highest BCUT2D eigenvalue weighted by atomic mass is 16.5. The number of hydrogen-bond donors (Lipinski definition) is 2. The van der Waals surface area contributed by atoms with Crippen molar-refractivity contribution in [3.05, 3.63) is 59.7 Å². The van der Waals surface area contributed by atoms with E-state index in [0.717, 1.165) is 23.4 Å². The van der Waals surface area contributed by atoms with Gasteiger partial charge in [-0.1, -0.05) is 30.3 Å². The average Bonchev–Trinajstić information content (AvgIpc) is 2.48. The highest BCUT2D eigenvalue weighted by Crippen LogP contribution is 2.18. The number of aliphatic hydroxyl groups excluding tert-OH is 1. The summed E-state index contributed by atoms with van der Waals surface area (Å²) in [5, 5.41) is 12.8. The molecule has 0 radical (unpaired) electrons. The second-order valence-electron chi connectivity index (χ2n) is 4.91. The Hall–Kier alpha value is -2.00. The molecule has 0 bridgehead atoms. The van der Waals surface area contributed by atoms with Crippen LogP contribution in [0.3, 0.4) is 0 Å². The van der Waals surface area contributed by atoms with Crippen molar-refractivity contribution in [2.45, 2.75) is 26.0 Å². The molecule has 2 aromatic rings. The molecule has 0 fully saturated rings. The van der Waals surface area contributed by atoms with Crippen molar-refractivity contribution in [1.29, 1.82) is 0 Å². The maximum Gasteiger partial charge on any atom is 0.118 e. The first-order valence-corrected chi connectivity index (χ1v) is 6.81. The Bertz CT molecular complexity index is 537. The van der Waals surface area contributed by atoms with Gasteiger partial charge in [-0.25, -0.2) is 0 Å². The maximum atomic E-state index is 9.32. The number of hydrogen-bond acceptors (Lipinski definition) is 3. The smallest absolute Gasteiger partial charge is 0.118 e. The molecule has 0 saturated carbocycles. The Morgan fingerprint density at radius 1 is 1.10 bits per heavy atom. The molecule has 3 nitrogen and oxygen atoms in total. The summed E-state index contributed by atoms with van der Waals surface area (Å²) in [6.07, 6.45) is 0.920. The number of anilines is 1. The molecule has 0 aromatic heterocycles. The number of rotatable bonds is 6. The SMILES string of the molecule is COc1ccc(CC(C)Nc2ccccc2CO)cc1. The lowest BCUT2D eigenvalue weighted by molar-refractivity contribution is 0.282. The van der Waals surface area contributed by atoms with Gasteiger partial charge in [0.15, 0.2) is 0 Å². The third kappa shape index (κ3) is 3.75. The Morgan fingerprint density at radius 2 is 1.80 bits per heavy atom. The second kappa shape index (κ2) is 6.96. The van der Waals surface area contributed by atoms with Crippen LogP contribution in [0.1, 0.15) is 18.1 Å². The lowest BCUT2D eigenvalue weighted by atomic mass is 10.1. The average molecular weight is 271 g/mol. The maximum absolute atomic E-state index is 9.32. The Morgan fingerprint density at radius 3 is 2.45 bits per heavy atom. The van der Waals surface area contributed by atoms with Crippen LogP contribution >= 0.6 is 0 Å². The highest BCUT2D eigenvalue weighted by Gasteiger charge is 2.06. The van der Waals surface area contributed by atoms with Crippen molar-refractivity contribution in [2.24, 2.45) is 0 Å². The summed E-state index contributed by atoms with van der Waals surface area (Å²) in [4.78, 5) is 0. The largest absolute Gasteiger partial charge is 0.497 e. The molecule has 0 heterocycles. The first-order valence-electron chi connectivity index (χ1n) is 6.81. The molecule has 0 spiro atoms. The van der Waals surface area contributed by atoms with E-state index in [9.17, 15) is 5.11 Å². The van der Waals surface area contributed by atoms with E-state index in [4.69, 9.17) is 4.74 Å². The summed E-state index contributed by atoms with van der Waals surface area (Å²) in [6, 6.07) is 16.2. The van der Waals surface area contributed by atoms with Crippen LogP contribution in [0.15, 0.2) is 48.5 Å². The molecule has 1 atom stereocenters. The van der Waals surface area contributed by atoms with E-state index in [1.165, 1.54) is 5.56 Å². The quantitative estimate of drug-likeness (QED) is 0.847. The summed E-state index contributed by atoms with van der Waals surface area (Å²) in [6.45, 7) is 2.19. The van der Waals surface area contributed by atoms with Crippen LogP contribution in [0.5, 0.6) is 5.75 Å². The van der Waals surface area contributed by atoms with Gasteiger partial charge in [-0.05, 0) is 37.1 Å². The minimum atomic E-state index is 0.0540. The molecule has 0 saturated heterocycles. The van der Waals surface area contributed by atoms with Crippen molar-refractivity contribution in [2.75, 3.05) is 12.4 Å². The molecule has 0 aliphatic carbocycles. The van der Waals surface area contributed by atoms with E-state index in [1.807, 2.05) is 36.4 Å². The van der Waals surface area contributed by atoms with Crippen LogP contribution in [0.4, 0.5) is 5.69 Å². The first-order chi connectivity index (χ1) is 9.72. The first kappa shape index (κ1) is 14.4. The van der Waals surface area contributed by atoms with Crippen molar-refractivity contribution >= 4 is 5.69 Å². The van der Waals surface area contributed by atoms with Crippen LogP contribution in [0.25, 0.3) is 0 Å². The van der Waals surface area contributed by atoms with E-state index >= 15 is 0 Å². The van der Waals surface area contributed by atoms with Gasteiger partial charge in [-0.2, -0.15) is 0 Å².